The van der Waals surface area contributed by atoms with Crippen LogP contribution in [0.1, 0.15) is 0 Å². The minimum Gasteiger partial charge on any atom is -0.496 e. The fourth-order valence-corrected chi connectivity index (χ4v) is 2.87. The summed E-state index contributed by atoms with van der Waals surface area (Å²) >= 11 is 3.51. The van der Waals surface area contributed by atoms with Gasteiger partial charge in [0.05, 0.1) is 23.5 Å². The molecule has 106 valence electrons. The second-order valence-corrected chi connectivity index (χ2v) is 5.56. The zero-order valence-corrected chi connectivity index (χ0v) is 12.9. The highest BCUT2D eigenvalue weighted by Gasteiger charge is 2.14. The Balaban J connectivity index is 1.84. The molecule has 0 bridgehead atoms. The number of H-pyrrole nitrogens is 1. The molecule has 1 aliphatic heterocycles. The largest absolute Gasteiger partial charge is 0.496 e. The van der Waals surface area contributed by atoms with Crippen LogP contribution in [-0.4, -0.2) is 43.3 Å². The number of aromatic amines is 1. The molecule has 2 aromatic rings. The summed E-state index contributed by atoms with van der Waals surface area (Å²) in [6, 6.07) is 6.01. The van der Waals surface area contributed by atoms with Crippen molar-refractivity contribution in [3.8, 4) is 17.0 Å². The number of rotatable bonds is 3. The third kappa shape index (κ3) is 2.66. The first-order chi connectivity index (χ1) is 9.78. The molecule has 0 unspecified atom stereocenters. The maximum absolute atomic E-state index is 5.25. The number of anilines is 1. The molecule has 1 fully saturated rings. The second-order valence-electron chi connectivity index (χ2n) is 4.71. The highest BCUT2D eigenvalue weighted by molar-refractivity contribution is 9.10. The van der Waals surface area contributed by atoms with Crippen molar-refractivity contribution in [3.05, 3.63) is 28.9 Å². The molecule has 20 heavy (non-hydrogen) atoms. The second kappa shape index (κ2) is 5.85. The van der Waals surface area contributed by atoms with E-state index in [4.69, 9.17) is 4.74 Å². The summed E-state index contributed by atoms with van der Waals surface area (Å²) in [4.78, 5) is 10.1. The van der Waals surface area contributed by atoms with E-state index in [2.05, 4.69) is 36.1 Å². The number of imidazole rings is 1. The van der Waals surface area contributed by atoms with E-state index in [1.807, 2.05) is 24.4 Å². The Bertz CT molecular complexity index is 593. The van der Waals surface area contributed by atoms with E-state index in [9.17, 15) is 0 Å². The Morgan fingerprint density at radius 3 is 2.80 bits per heavy atom. The minimum absolute atomic E-state index is 0.829. The fourth-order valence-electron chi connectivity index (χ4n) is 2.33. The van der Waals surface area contributed by atoms with Gasteiger partial charge in [0.2, 0.25) is 5.95 Å². The van der Waals surface area contributed by atoms with E-state index in [1.165, 1.54) is 0 Å². The third-order valence-electron chi connectivity index (χ3n) is 3.44. The maximum atomic E-state index is 5.25. The van der Waals surface area contributed by atoms with Crippen molar-refractivity contribution in [1.29, 1.82) is 0 Å². The zero-order chi connectivity index (χ0) is 13.9. The summed E-state index contributed by atoms with van der Waals surface area (Å²) in [6.07, 6.45) is 1.88. The van der Waals surface area contributed by atoms with Crippen molar-refractivity contribution in [3.63, 3.8) is 0 Å². The Kier molecular flexibility index (Phi) is 3.93. The lowest BCUT2D eigenvalue weighted by Gasteiger charge is -2.26. The van der Waals surface area contributed by atoms with Gasteiger partial charge in [-0.1, -0.05) is 0 Å². The van der Waals surface area contributed by atoms with Crippen molar-refractivity contribution in [2.45, 2.75) is 0 Å². The summed E-state index contributed by atoms with van der Waals surface area (Å²) in [5.41, 5.74) is 2.11. The summed E-state index contributed by atoms with van der Waals surface area (Å²) in [7, 11) is 1.67. The lowest BCUT2D eigenvalue weighted by Crippen LogP contribution is -2.44. The first kappa shape index (κ1) is 13.5. The lowest BCUT2D eigenvalue weighted by atomic mass is 10.2. The number of halogens is 1. The number of methoxy groups -OCH3 is 1. The zero-order valence-electron chi connectivity index (χ0n) is 11.3. The van der Waals surface area contributed by atoms with E-state index in [0.717, 1.165) is 53.6 Å². The predicted octanol–water partition coefficient (Wildman–Crippen LogP) is 2.26. The van der Waals surface area contributed by atoms with E-state index in [0.29, 0.717) is 0 Å². The number of nitrogens with zero attached hydrogens (tertiary/aromatic N) is 2. The van der Waals surface area contributed by atoms with Crippen LogP contribution in [0.5, 0.6) is 5.75 Å². The average Bonchev–Trinajstić information content (AvgIpc) is 2.98. The van der Waals surface area contributed by atoms with Gasteiger partial charge in [-0.3, -0.25) is 0 Å². The number of hydrogen-bond acceptors (Lipinski definition) is 4. The molecule has 1 saturated heterocycles. The maximum Gasteiger partial charge on any atom is 0.203 e. The van der Waals surface area contributed by atoms with Crippen LogP contribution < -0.4 is 15.0 Å². The third-order valence-corrected chi connectivity index (χ3v) is 4.06. The van der Waals surface area contributed by atoms with Gasteiger partial charge in [0.25, 0.3) is 0 Å². The number of piperazine rings is 1. The van der Waals surface area contributed by atoms with Gasteiger partial charge in [-0.15, -0.1) is 0 Å². The molecule has 0 aliphatic carbocycles. The molecule has 0 atom stereocenters. The molecule has 1 aromatic carbocycles. The molecule has 1 aliphatic rings. The first-order valence-electron chi connectivity index (χ1n) is 6.62. The van der Waals surface area contributed by atoms with Crippen LogP contribution >= 0.6 is 15.9 Å². The number of benzene rings is 1. The summed E-state index contributed by atoms with van der Waals surface area (Å²) < 4.78 is 6.19. The van der Waals surface area contributed by atoms with Gasteiger partial charge < -0.3 is 19.9 Å². The number of ether oxygens (including phenoxy) is 1. The highest BCUT2D eigenvalue weighted by atomic mass is 79.9. The van der Waals surface area contributed by atoms with Gasteiger partial charge in [-0.2, -0.15) is 0 Å². The quantitative estimate of drug-likeness (QED) is 0.902. The molecular formula is C14H17BrN4O. The molecule has 0 amide bonds. The Labute approximate surface area is 126 Å². The molecule has 0 spiro atoms. The van der Waals surface area contributed by atoms with Gasteiger partial charge in [-0.25, -0.2) is 4.98 Å². The topological polar surface area (TPSA) is 53.2 Å². The molecule has 6 heteroatoms. The SMILES string of the molecule is COc1ccc(-c2cnc(N3CCNCC3)[nH]2)cc1Br. The van der Waals surface area contributed by atoms with Gasteiger partial charge in [0.15, 0.2) is 0 Å². The van der Waals surface area contributed by atoms with E-state index < -0.39 is 0 Å². The van der Waals surface area contributed by atoms with E-state index in [1.54, 1.807) is 7.11 Å². The highest BCUT2D eigenvalue weighted by Crippen LogP contribution is 2.30. The predicted molar refractivity (Wildman–Crippen MR) is 83.4 cm³/mol. The Morgan fingerprint density at radius 2 is 2.10 bits per heavy atom. The molecule has 2 N–H and O–H groups in total. The van der Waals surface area contributed by atoms with Crippen molar-refractivity contribution in [2.24, 2.45) is 0 Å². The minimum atomic E-state index is 0.829. The monoisotopic (exact) mass is 336 g/mol. The molecule has 2 heterocycles. The van der Waals surface area contributed by atoms with Gasteiger partial charge in [0.1, 0.15) is 5.75 Å². The molecule has 0 radical (unpaired) electrons. The summed E-state index contributed by atoms with van der Waals surface area (Å²) in [5.74, 6) is 1.77. The van der Waals surface area contributed by atoms with Gasteiger partial charge >= 0.3 is 0 Å². The average molecular weight is 337 g/mol. The van der Waals surface area contributed by atoms with Gasteiger partial charge in [-0.05, 0) is 34.1 Å². The normalized spacial score (nSPS) is 15.4. The van der Waals surface area contributed by atoms with Crippen LogP contribution in [0, 0.1) is 0 Å². The molecule has 5 nitrogen and oxygen atoms in total. The van der Waals surface area contributed by atoms with Crippen LogP contribution in [0.2, 0.25) is 0 Å². The lowest BCUT2D eigenvalue weighted by molar-refractivity contribution is 0.412. The van der Waals surface area contributed by atoms with Crippen LogP contribution in [0.25, 0.3) is 11.3 Å². The Hall–Kier alpha value is -1.53. The summed E-state index contributed by atoms with van der Waals surface area (Å²) in [5, 5.41) is 3.34. The van der Waals surface area contributed by atoms with Crippen LogP contribution in [-0.2, 0) is 0 Å². The summed E-state index contributed by atoms with van der Waals surface area (Å²) in [6.45, 7) is 3.98. The molecular weight excluding hydrogens is 320 g/mol. The molecule has 1 aromatic heterocycles. The van der Waals surface area contributed by atoms with Crippen molar-refractivity contribution in [1.82, 2.24) is 15.3 Å². The number of nitrogens with one attached hydrogen (secondary N) is 2. The molecule has 3 rings (SSSR count). The Morgan fingerprint density at radius 1 is 1.30 bits per heavy atom. The first-order valence-corrected chi connectivity index (χ1v) is 7.42. The standard InChI is InChI=1S/C14H17BrN4O/c1-20-13-3-2-10(8-11(13)15)12-9-17-14(18-12)19-6-4-16-5-7-19/h2-3,8-9,16H,4-7H2,1H3,(H,17,18). The number of hydrogen-bond donors (Lipinski definition) is 2. The van der Waals surface area contributed by atoms with Gasteiger partial charge in [0, 0.05) is 31.7 Å². The van der Waals surface area contributed by atoms with Crippen LogP contribution in [0.4, 0.5) is 5.95 Å². The van der Waals surface area contributed by atoms with E-state index in [-0.39, 0.29) is 0 Å². The number of aromatic nitrogens is 2. The molecule has 0 saturated carbocycles. The van der Waals surface area contributed by atoms with Crippen LogP contribution in [0.15, 0.2) is 28.9 Å². The smallest absolute Gasteiger partial charge is 0.203 e. The van der Waals surface area contributed by atoms with E-state index >= 15 is 0 Å². The van der Waals surface area contributed by atoms with Crippen LogP contribution in [0.3, 0.4) is 0 Å². The van der Waals surface area contributed by atoms with Crippen molar-refractivity contribution < 1.29 is 4.74 Å². The fraction of sp³-hybridized carbons (Fsp3) is 0.357. The van der Waals surface area contributed by atoms with Crippen molar-refractivity contribution >= 4 is 21.9 Å². The van der Waals surface area contributed by atoms with Crippen molar-refractivity contribution in [2.75, 3.05) is 38.2 Å².